The molecule has 0 saturated heterocycles. The Morgan fingerprint density at radius 2 is 1.59 bits per heavy atom. The van der Waals surface area contributed by atoms with Gasteiger partial charge in [-0.15, -0.1) is 5.10 Å². The molecule has 0 radical (unpaired) electrons. The molecule has 0 aliphatic carbocycles. The Balaban J connectivity index is 1.80. The van der Waals surface area contributed by atoms with Crippen molar-refractivity contribution in [1.29, 1.82) is 0 Å². The van der Waals surface area contributed by atoms with E-state index in [1.54, 1.807) is 18.2 Å². The number of aromatic nitrogens is 3. The maximum atomic E-state index is 12.8. The smallest absolute Gasteiger partial charge is 0.383 e. The summed E-state index contributed by atoms with van der Waals surface area (Å²) >= 11 is 0. The fourth-order valence-corrected chi connectivity index (χ4v) is 2.48. The summed E-state index contributed by atoms with van der Waals surface area (Å²) < 4.78 is 79.4. The minimum Gasteiger partial charge on any atom is -0.383 e. The largest absolute Gasteiger partial charge is 0.416 e. The number of anilines is 1. The van der Waals surface area contributed by atoms with Crippen LogP contribution in [0.15, 0.2) is 47.4 Å². The zero-order valence-electron chi connectivity index (χ0n) is 13.5. The van der Waals surface area contributed by atoms with E-state index in [-0.39, 0.29) is 24.8 Å². The molecule has 2 aromatic heterocycles. The highest BCUT2D eigenvalue weighted by atomic mass is 19.4. The third-order valence-electron chi connectivity index (χ3n) is 3.73. The number of fused-ring (bicyclic) bond motifs is 1. The van der Waals surface area contributed by atoms with E-state index in [4.69, 9.17) is 0 Å². The lowest BCUT2D eigenvalue weighted by Crippen LogP contribution is -2.24. The van der Waals surface area contributed by atoms with Crippen molar-refractivity contribution in [2.45, 2.75) is 18.9 Å². The molecule has 3 rings (SSSR count). The summed E-state index contributed by atoms with van der Waals surface area (Å²) in [5.41, 5.74) is -3.27. The summed E-state index contributed by atoms with van der Waals surface area (Å²) in [6.45, 7) is -0.138. The highest BCUT2D eigenvalue weighted by molar-refractivity contribution is 5.50. The SMILES string of the molecule is O=c1n(CCNc2cc(C(F)(F)F)cc(C(F)(F)F)c2)nc2ccccn12. The number of nitrogens with one attached hydrogen (secondary N) is 1. The molecule has 0 bridgehead atoms. The molecule has 0 fully saturated rings. The molecule has 144 valence electrons. The topological polar surface area (TPSA) is 51.3 Å². The van der Waals surface area contributed by atoms with Gasteiger partial charge >= 0.3 is 18.0 Å². The molecule has 2 heterocycles. The first-order valence-electron chi connectivity index (χ1n) is 7.63. The van der Waals surface area contributed by atoms with Crippen molar-refractivity contribution in [1.82, 2.24) is 14.2 Å². The van der Waals surface area contributed by atoms with Crippen molar-refractivity contribution >= 4 is 11.3 Å². The van der Waals surface area contributed by atoms with Crippen LogP contribution in [-0.2, 0) is 18.9 Å². The molecule has 3 aromatic rings. The second-order valence-corrected chi connectivity index (χ2v) is 5.66. The average Bonchev–Trinajstić information content (AvgIpc) is 2.90. The molecule has 1 N–H and O–H groups in total. The monoisotopic (exact) mass is 390 g/mol. The van der Waals surface area contributed by atoms with E-state index in [9.17, 15) is 31.1 Å². The Kier molecular flexibility index (Phi) is 4.62. The lowest BCUT2D eigenvalue weighted by Gasteiger charge is -2.15. The maximum absolute atomic E-state index is 12.8. The number of rotatable bonds is 4. The maximum Gasteiger partial charge on any atom is 0.416 e. The first kappa shape index (κ1) is 18.8. The van der Waals surface area contributed by atoms with Crippen molar-refractivity contribution in [2.75, 3.05) is 11.9 Å². The second kappa shape index (κ2) is 6.63. The Labute approximate surface area is 147 Å². The van der Waals surface area contributed by atoms with Crippen molar-refractivity contribution in [3.63, 3.8) is 0 Å². The lowest BCUT2D eigenvalue weighted by molar-refractivity contribution is -0.143. The zero-order valence-corrected chi connectivity index (χ0v) is 13.5. The number of nitrogens with zero attached hydrogens (tertiary/aromatic N) is 3. The van der Waals surface area contributed by atoms with Crippen LogP contribution in [0.2, 0.25) is 0 Å². The van der Waals surface area contributed by atoms with Crippen LogP contribution >= 0.6 is 0 Å². The van der Waals surface area contributed by atoms with E-state index in [1.165, 1.54) is 10.6 Å². The van der Waals surface area contributed by atoms with Crippen LogP contribution in [0.5, 0.6) is 0 Å². The van der Waals surface area contributed by atoms with E-state index < -0.39 is 29.2 Å². The first-order chi connectivity index (χ1) is 12.6. The lowest BCUT2D eigenvalue weighted by atomic mass is 10.1. The number of benzene rings is 1. The first-order valence-corrected chi connectivity index (χ1v) is 7.63. The van der Waals surface area contributed by atoms with Crippen LogP contribution in [0.25, 0.3) is 5.65 Å². The third kappa shape index (κ3) is 4.07. The summed E-state index contributed by atoms with van der Waals surface area (Å²) in [6.07, 6.45) is -8.34. The second-order valence-electron chi connectivity index (χ2n) is 5.66. The van der Waals surface area contributed by atoms with Crippen LogP contribution in [-0.4, -0.2) is 20.7 Å². The van der Waals surface area contributed by atoms with Gasteiger partial charge in [-0.1, -0.05) is 6.07 Å². The van der Waals surface area contributed by atoms with Crippen LogP contribution in [0.1, 0.15) is 11.1 Å². The van der Waals surface area contributed by atoms with E-state index in [0.717, 1.165) is 4.68 Å². The average molecular weight is 390 g/mol. The summed E-state index contributed by atoms with van der Waals surface area (Å²) in [5.74, 6) is 0. The number of alkyl halides is 6. The van der Waals surface area contributed by atoms with Gasteiger partial charge < -0.3 is 5.32 Å². The molecule has 5 nitrogen and oxygen atoms in total. The summed E-state index contributed by atoms with van der Waals surface area (Å²) in [7, 11) is 0. The molecule has 0 aliphatic heterocycles. The van der Waals surface area contributed by atoms with Crippen LogP contribution in [0.3, 0.4) is 0 Å². The highest BCUT2D eigenvalue weighted by Gasteiger charge is 2.36. The predicted octanol–water partition coefficient (Wildman–Crippen LogP) is 3.65. The number of hydrogen-bond acceptors (Lipinski definition) is 3. The minimum absolute atomic E-state index is 0.0435. The number of halogens is 6. The van der Waals surface area contributed by atoms with Gasteiger partial charge in [0, 0.05) is 18.4 Å². The summed E-state index contributed by atoms with van der Waals surface area (Å²) in [5, 5.41) is 6.50. The zero-order chi connectivity index (χ0) is 19.8. The standard InChI is InChI=1S/C16H12F6N4O/c17-15(18,19)10-7-11(16(20,21)22)9-12(8-10)23-4-6-26-14(27)25-5-2-1-3-13(25)24-26/h1-3,5,7-9,23H,4,6H2. The third-order valence-corrected chi connectivity index (χ3v) is 3.73. The number of pyridine rings is 1. The molecule has 0 amide bonds. The van der Waals surface area contributed by atoms with E-state index in [2.05, 4.69) is 10.4 Å². The van der Waals surface area contributed by atoms with Gasteiger partial charge in [-0.2, -0.15) is 26.3 Å². The van der Waals surface area contributed by atoms with Gasteiger partial charge in [0.15, 0.2) is 5.65 Å². The van der Waals surface area contributed by atoms with Crippen molar-refractivity contribution < 1.29 is 26.3 Å². The van der Waals surface area contributed by atoms with E-state index >= 15 is 0 Å². The van der Waals surface area contributed by atoms with Gasteiger partial charge in [-0.05, 0) is 30.3 Å². The normalized spacial score (nSPS) is 12.5. The molecule has 0 unspecified atom stereocenters. The van der Waals surface area contributed by atoms with Crippen LogP contribution < -0.4 is 11.0 Å². The quantitative estimate of drug-likeness (QED) is 0.692. The molecule has 27 heavy (non-hydrogen) atoms. The van der Waals surface area contributed by atoms with Crippen molar-refractivity contribution in [3.05, 3.63) is 64.2 Å². The van der Waals surface area contributed by atoms with Gasteiger partial charge in [-0.3, -0.25) is 4.40 Å². The van der Waals surface area contributed by atoms with Gasteiger partial charge in [0.2, 0.25) is 0 Å². The molecule has 0 aliphatic rings. The molecule has 1 aromatic carbocycles. The van der Waals surface area contributed by atoms with E-state index in [1.807, 2.05) is 0 Å². The highest BCUT2D eigenvalue weighted by Crippen LogP contribution is 2.37. The number of hydrogen-bond donors (Lipinski definition) is 1. The Morgan fingerprint density at radius 1 is 0.963 bits per heavy atom. The Morgan fingerprint density at radius 3 is 2.15 bits per heavy atom. The molecule has 0 saturated carbocycles. The molecule has 0 spiro atoms. The summed E-state index contributed by atoms with van der Waals surface area (Å²) in [6, 6.07) is 6.11. The predicted molar refractivity (Wildman–Crippen MR) is 84.4 cm³/mol. The molecular formula is C16H12F6N4O. The molecular weight excluding hydrogens is 378 g/mol. The fourth-order valence-electron chi connectivity index (χ4n) is 2.48. The van der Waals surface area contributed by atoms with Crippen molar-refractivity contribution in [3.8, 4) is 0 Å². The van der Waals surface area contributed by atoms with Gasteiger partial charge in [0.25, 0.3) is 0 Å². The Bertz CT molecular complexity index is 986. The Hall–Kier alpha value is -2.98. The van der Waals surface area contributed by atoms with Gasteiger partial charge in [0.05, 0.1) is 17.7 Å². The van der Waals surface area contributed by atoms with Crippen LogP contribution in [0, 0.1) is 0 Å². The minimum atomic E-state index is -4.92. The summed E-state index contributed by atoms with van der Waals surface area (Å²) in [4.78, 5) is 12.1. The van der Waals surface area contributed by atoms with Crippen molar-refractivity contribution in [2.24, 2.45) is 0 Å². The molecule has 0 atom stereocenters. The fraction of sp³-hybridized carbons (Fsp3) is 0.250. The molecule has 11 heteroatoms. The van der Waals surface area contributed by atoms with Gasteiger partial charge in [0.1, 0.15) is 0 Å². The van der Waals surface area contributed by atoms with Gasteiger partial charge in [-0.25, -0.2) is 9.48 Å². The van der Waals surface area contributed by atoms with Crippen LogP contribution in [0.4, 0.5) is 32.0 Å². The van der Waals surface area contributed by atoms with E-state index in [0.29, 0.717) is 17.8 Å².